The van der Waals surface area contributed by atoms with Crippen molar-refractivity contribution in [3.63, 3.8) is 0 Å². The zero-order valence-corrected chi connectivity index (χ0v) is 6.61. The highest BCUT2D eigenvalue weighted by Gasteiger charge is 2.07. The number of fused-ring (bicyclic) bond motifs is 3. The molecule has 0 unspecified atom stereocenters. The van der Waals surface area contributed by atoms with Crippen LogP contribution >= 0.6 is 0 Å². The van der Waals surface area contributed by atoms with Crippen molar-refractivity contribution in [1.29, 1.82) is 0 Å². The number of nitrogens with one attached hydrogen (secondary N) is 1. The summed E-state index contributed by atoms with van der Waals surface area (Å²) < 4.78 is 0. The monoisotopic (exact) mass is 171 g/mol. The van der Waals surface area contributed by atoms with Crippen LogP contribution in [0.4, 0.5) is 4.79 Å². The third kappa shape index (κ3) is 0.767. The lowest BCUT2D eigenvalue weighted by Crippen LogP contribution is -2.21. The van der Waals surface area contributed by atoms with Crippen molar-refractivity contribution in [2.24, 2.45) is 9.98 Å². The Labute approximate surface area is 72.6 Å². The molecule has 1 aliphatic heterocycles. The Morgan fingerprint density at radius 2 is 2.08 bits per heavy atom. The number of aromatic amines is 1. The number of hydrogen-bond acceptors (Lipinski definition) is 1. The second kappa shape index (κ2) is 2.04. The van der Waals surface area contributed by atoms with Crippen molar-refractivity contribution in [1.82, 2.24) is 4.98 Å². The van der Waals surface area contributed by atoms with E-state index < -0.39 is 6.03 Å². The van der Waals surface area contributed by atoms with E-state index in [4.69, 9.17) is 0 Å². The van der Waals surface area contributed by atoms with Gasteiger partial charge in [-0.05, 0) is 6.07 Å². The third-order valence-corrected chi connectivity index (χ3v) is 2.12. The molecule has 2 heterocycles. The van der Waals surface area contributed by atoms with Crippen LogP contribution in [0.15, 0.2) is 34.5 Å². The van der Waals surface area contributed by atoms with Crippen LogP contribution in [0.3, 0.4) is 0 Å². The summed E-state index contributed by atoms with van der Waals surface area (Å²) in [4.78, 5) is 21.5. The normalized spacial score (nSPS) is 14.0. The van der Waals surface area contributed by atoms with Gasteiger partial charge in [0.25, 0.3) is 0 Å². The quantitative estimate of drug-likeness (QED) is 0.618. The Morgan fingerprint density at radius 3 is 3.00 bits per heavy atom. The lowest BCUT2D eigenvalue weighted by Gasteiger charge is -1.84. The first kappa shape index (κ1) is 6.54. The van der Waals surface area contributed by atoms with Crippen molar-refractivity contribution in [2.45, 2.75) is 0 Å². The standard InChI is InChI=1S/C9H5N3O/c13-9-11-7-2-1-5-3-10-4-6(5)8(7)12-9/h1-4,10H. The Balaban J connectivity index is 2.69. The number of nitrogens with zero attached hydrogens (tertiary/aromatic N) is 2. The van der Waals surface area contributed by atoms with E-state index >= 15 is 0 Å². The summed E-state index contributed by atoms with van der Waals surface area (Å²) in [6.07, 6.45) is 3.69. The summed E-state index contributed by atoms with van der Waals surface area (Å²) in [5.41, 5.74) is 0. The highest BCUT2D eigenvalue weighted by molar-refractivity contribution is 5.85. The predicted octanol–water partition coefficient (Wildman–Crippen LogP) is 0.541. The Bertz CT molecular complexity index is 624. The molecule has 0 bridgehead atoms. The molecule has 0 fully saturated rings. The molecule has 0 saturated carbocycles. The van der Waals surface area contributed by atoms with E-state index in [1.807, 2.05) is 18.5 Å². The maximum absolute atomic E-state index is 10.9. The van der Waals surface area contributed by atoms with E-state index in [1.165, 1.54) is 0 Å². The number of H-pyrrole nitrogens is 1. The van der Waals surface area contributed by atoms with E-state index in [0.717, 1.165) is 10.8 Å². The average molecular weight is 171 g/mol. The minimum absolute atomic E-state index is 0.413. The van der Waals surface area contributed by atoms with Gasteiger partial charge >= 0.3 is 6.03 Å². The third-order valence-electron chi connectivity index (χ3n) is 2.12. The van der Waals surface area contributed by atoms with Gasteiger partial charge in [0.05, 0.1) is 5.36 Å². The fourth-order valence-electron chi connectivity index (χ4n) is 1.54. The van der Waals surface area contributed by atoms with Crippen molar-refractivity contribution < 1.29 is 4.79 Å². The van der Waals surface area contributed by atoms with E-state index in [1.54, 1.807) is 6.07 Å². The van der Waals surface area contributed by atoms with E-state index in [9.17, 15) is 4.79 Å². The first-order valence-corrected chi connectivity index (χ1v) is 3.91. The number of benzene rings is 1. The lowest BCUT2D eigenvalue weighted by molar-refractivity contribution is 0.257. The number of rotatable bonds is 0. The molecule has 0 spiro atoms. The van der Waals surface area contributed by atoms with Crippen LogP contribution in [0.1, 0.15) is 0 Å². The topological polar surface area (TPSA) is 57.6 Å². The van der Waals surface area contributed by atoms with Gasteiger partial charge in [-0.15, -0.1) is 0 Å². The van der Waals surface area contributed by atoms with Gasteiger partial charge in [-0.2, -0.15) is 9.98 Å². The molecule has 1 N–H and O–H groups in total. The van der Waals surface area contributed by atoms with Gasteiger partial charge < -0.3 is 4.98 Å². The van der Waals surface area contributed by atoms with Gasteiger partial charge in [-0.3, -0.25) is 0 Å². The molecule has 1 aromatic heterocycles. The largest absolute Gasteiger partial charge is 0.368 e. The Morgan fingerprint density at radius 1 is 1.15 bits per heavy atom. The molecule has 0 aliphatic carbocycles. The molecule has 1 aliphatic rings. The van der Waals surface area contributed by atoms with Crippen molar-refractivity contribution in [2.75, 3.05) is 0 Å². The zero-order valence-electron chi connectivity index (χ0n) is 6.61. The first-order valence-electron chi connectivity index (χ1n) is 3.91. The summed E-state index contributed by atoms with van der Waals surface area (Å²) in [5.74, 6) is 0. The molecule has 0 atom stereocenters. The van der Waals surface area contributed by atoms with Crippen LogP contribution in [-0.2, 0) is 0 Å². The molecule has 0 saturated heterocycles. The molecule has 2 amide bonds. The molecule has 4 heteroatoms. The summed E-state index contributed by atoms with van der Waals surface area (Å²) in [6.45, 7) is 0. The van der Waals surface area contributed by atoms with Gasteiger partial charge in [0.15, 0.2) is 0 Å². The van der Waals surface area contributed by atoms with Crippen molar-refractivity contribution >= 4 is 16.8 Å². The van der Waals surface area contributed by atoms with Crippen molar-refractivity contribution in [3.8, 4) is 0 Å². The predicted molar refractivity (Wildman–Crippen MR) is 46.0 cm³/mol. The highest BCUT2D eigenvalue weighted by Crippen LogP contribution is 2.06. The maximum atomic E-state index is 10.9. The van der Waals surface area contributed by atoms with Gasteiger partial charge in [0.1, 0.15) is 5.36 Å². The van der Waals surface area contributed by atoms with Crippen LogP contribution in [0.25, 0.3) is 10.8 Å². The summed E-state index contributed by atoms with van der Waals surface area (Å²) in [6, 6.07) is 3.31. The van der Waals surface area contributed by atoms with Crippen LogP contribution in [-0.4, -0.2) is 11.0 Å². The van der Waals surface area contributed by atoms with Gasteiger partial charge in [-0.1, -0.05) is 6.07 Å². The lowest BCUT2D eigenvalue weighted by atomic mass is 10.2. The Hall–Kier alpha value is -1.97. The number of carbonyl (C=O) groups excluding carboxylic acids is 1. The van der Waals surface area contributed by atoms with Crippen molar-refractivity contribution in [3.05, 3.63) is 35.2 Å². The van der Waals surface area contributed by atoms with E-state index in [-0.39, 0.29) is 0 Å². The Kier molecular flexibility index (Phi) is 1.02. The van der Waals surface area contributed by atoms with Gasteiger partial charge in [-0.25, -0.2) is 4.79 Å². The molecule has 4 nitrogen and oxygen atoms in total. The number of hydrogen-bond donors (Lipinski definition) is 1. The summed E-state index contributed by atoms with van der Waals surface area (Å²) in [7, 11) is 0. The molecule has 0 radical (unpaired) electrons. The molecule has 62 valence electrons. The van der Waals surface area contributed by atoms with Gasteiger partial charge in [0.2, 0.25) is 0 Å². The second-order valence-electron chi connectivity index (χ2n) is 2.90. The van der Waals surface area contributed by atoms with E-state index in [0.29, 0.717) is 10.7 Å². The number of carbonyl (C=O) groups is 1. The summed E-state index contributed by atoms with van der Waals surface area (Å²) in [5, 5.41) is 3.35. The zero-order chi connectivity index (χ0) is 8.84. The number of urea groups is 1. The molecule has 3 rings (SSSR count). The minimum atomic E-state index is -0.413. The number of aromatic nitrogens is 1. The maximum Gasteiger partial charge on any atom is 0.368 e. The molecular weight excluding hydrogens is 166 g/mol. The van der Waals surface area contributed by atoms with Crippen LogP contribution < -0.4 is 10.7 Å². The average Bonchev–Trinajstić information content (AvgIpc) is 2.65. The summed E-state index contributed by atoms with van der Waals surface area (Å²) >= 11 is 0. The SMILES string of the molecule is O=C1N=c2ccc3c[nH]cc3c2=N1. The first-order chi connectivity index (χ1) is 6.34. The molecular formula is C9H5N3O. The molecule has 2 aromatic rings. The van der Waals surface area contributed by atoms with Crippen LogP contribution in [0.2, 0.25) is 0 Å². The second-order valence-corrected chi connectivity index (χ2v) is 2.90. The van der Waals surface area contributed by atoms with Crippen LogP contribution in [0.5, 0.6) is 0 Å². The highest BCUT2D eigenvalue weighted by atomic mass is 16.2. The fourth-order valence-corrected chi connectivity index (χ4v) is 1.54. The molecule has 13 heavy (non-hydrogen) atoms. The fraction of sp³-hybridized carbons (Fsp3) is 0. The smallest absolute Gasteiger partial charge is 0.366 e. The number of amides is 2. The molecule has 1 aromatic carbocycles. The van der Waals surface area contributed by atoms with E-state index in [2.05, 4.69) is 15.0 Å². The minimum Gasteiger partial charge on any atom is -0.366 e. The van der Waals surface area contributed by atoms with Gasteiger partial charge in [0, 0.05) is 23.2 Å². The van der Waals surface area contributed by atoms with Crippen LogP contribution in [0, 0.1) is 0 Å².